The highest BCUT2D eigenvalue weighted by Gasteiger charge is 2.18. The van der Waals surface area contributed by atoms with Crippen molar-refractivity contribution in [3.05, 3.63) is 35.9 Å². The van der Waals surface area contributed by atoms with Crippen LogP contribution in [0.25, 0.3) is 0 Å². The van der Waals surface area contributed by atoms with Crippen molar-refractivity contribution in [2.45, 2.75) is 19.4 Å². The van der Waals surface area contributed by atoms with Gasteiger partial charge in [0.2, 0.25) is 0 Å². The van der Waals surface area contributed by atoms with Gasteiger partial charge >= 0.3 is 5.97 Å². The van der Waals surface area contributed by atoms with Crippen LogP contribution in [0.4, 0.5) is 0 Å². The van der Waals surface area contributed by atoms with Gasteiger partial charge in [-0.3, -0.25) is 4.79 Å². The summed E-state index contributed by atoms with van der Waals surface area (Å²) in [5.74, 6) is 4.89. The van der Waals surface area contributed by atoms with Crippen molar-refractivity contribution in [2.75, 3.05) is 6.61 Å². The predicted molar refractivity (Wildman–Crippen MR) is 60.4 cm³/mol. The lowest BCUT2D eigenvalue weighted by Gasteiger charge is -2.16. The first-order valence-corrected chi connectivity index (χ1v) is 4.93. The Labute approximate surface area is 95.1 Å². The summed E-state index contributed by atoms with van der Waals surface area (Å²) in [5.41, 5.74) is -0.508. The number of rotatable bonds is 2. The van der Waals surface area contributed by atoms with Crippen LogP contribution >= 0.6 is 0 Å². The van der Waals surface area contributed by atoms with Crippen molar-refractivity contribution in [1.82, 2.24) is 0 Å². The zero-order chi connectivity index (χ0) is 12.0. The average Bonchev–Trinajstić information content (AvgIpc) is 2.26. The molecule has 0 radical (unpaired) electrons. The molecular formula is C13H14O3. The van der Waals surface area contributed by atoms with Crippen LogP contribution < -0.4 is 0 Å². The molecule has 0 aromatic heterocycles. The number of aliphatic hydroxyl groups is 1. The van der Waals surface area contributed by atoms with Crippen molar-refractivity contribution >= 4 is 5.97 Å². The molecule has 0 bridgehead atoms. The third-order valence-corrected chi connectivity index (χ3v) is 2.02. The number of hydrogen-bond donors (Lipinski definition) is 1. The Balaban J connectivity index is 2.68. The van der Waals surface area contributed by atoms with Crippen molar-refractivity contribution in [3.8, 4) is 11.8 Å². The van der Waals surface area contributed by atoms with E-state index in [1.54, 1.807) is 19.1 Å². The lowest BCUT2D eigenvalue weighted by Crippen LogP contribution is -2.18. The van der Waals surface area contributed by atoms with Crippen LogP contribution in [0.3, 0.4) is 0 Å². The maximum atomic E-state index is 10.5. The fraction of sp³-hybridized carbons (Fsp3) is 0.308. The number of hydrogen-bond acceptors (Lipinski definition) is 3. The molecule has 1 unspecified atom stereocenters. The molecule has 1 atom stereocenters. The highest BCUT2D eigenvalue weighted by molar-refractivity contribution is 5.66. The molecule has 0 saturated carbocycles. The molecule has 0 aliphatic heterocycles. The van der Waals surface area contributed by atoms with E-state index < -0.39 is 5.60 Å². The summed E-state index contributed by atoms with van der Waals surface area (Å²) < 4.78 is 4.65. The normalized spacial score (nSPS) is 13.2. The highest BCUT2D eigenvalue weighted by Crippen LogP contribution is 2.18. The smallest absolute Gasteiger partial charge is 0.303 e. The molecule has 3 heteroatoms. The largest absolute Gasteiger partial charge is 0.453 e. The summed E-state index contributed by atoms with van der Waals surface area (Å²) in [6, 6.07) is 9.11. The van der Waals surface area contributed by atoms with E-state index in [1.807, 2.05) is 18.2 Å². The van der Waals surface area contributed by atoms with Gasteiger partial charge in [-0.05, 0) is 12.5 Å². The standard InChI is InChI=1S/C13H14O3/c1-11(14)16-10-6-9-13(2,15)12-7-4-3-5-8-12/h3-5,7-8,15H,10H2,1-2H3. The molecule has 1 aromatic rings. The topological polar surface area (TPSA) is 46.5 Å². The molecule has 84 valence electrons. The first-order chi connectivity index (χ1) is 7.52. The molecular weight excluding hydrogens is 204 g/mol. The second kappa shape index (κ2) is 5.34. The molecule has 0 saturated heterocycles. The van der Waals surface area contributed by atoms with E-state index in [1.165, 1.54) is 6.92 Å². The number of esters is 1. The summed E-state index contributed by atoms with van der Waals surface area (Å²) in [5, 5.41) is 10.0. The number of carbonyl (C=O) groups excluding carboxylic acids is 1. The average molecular weight is 218 g/mol. The molecule has 0 aliphatic rings. The maximum absolute atomic E-state index is 10.5. The molecule has 0 aliphatic carbocycles. The molecule has 0 heterocycles. The minimum Gasteiger partial charge on any atom is -0.453 e. The molecule has 3 nitrogen and oxygen atoms in total. The van der Waals surface area contributed by atoms with Crippen molar-refractivity contribution in [2.24, 2.45) is 0 Å². The Hall–Kier alpha value is -1.79. The van der Waals surface area contributed by atoms with Crippen LogP contribution in [0.2, 0.25) is 0 Å². The van der Waals surface area contributed by atoms with Gasteiger partial charge in [-0.25, -0.2) is 0 Å². The zero-order valence-corrected chi connectivity index (χ0v) is 9.36. The van der Waals surface area contributed by atoms with Crippen LogP contribution in [-0.2, 0) is 15.1 Å². The zero-order valence-electron chi connectivity index (χ0n) is 9.36. The molecule has 16 heavy (non-hydrogen) atoms. The lowest BCUT2D eigenvalue weighted by molar-refractivity contribution is -0.139. The van der Waals surface area contributed by atoms with E-state index in [0.29, 0.717) is 5.56 Å². The van der Waals surface area contributed by atoms with E-state index in [4.69, 9.17) is 0 Å². The van der Waals surface area contributed by atoms with E-state index in [2.05, 4.69) is 16.6 Å². The second-order valence-corrected chi connectivity index (χ2v) is 3.52. The number of ether oxygens (including phenoxy) is 1. The Morgan fingerprint density at radius 3 is 2.62 bits per heavy atom. The SMILES string of the molecule is CC(=O)OCC#CC(C)(O)c1ccccc1. The molecule has 1 aromatic carbocycles. The monoisotopic (exact) mass is 218 g/mol. The molecule has 0 amide bonds. The van der Waals surface area contributed by atoms with Gasteiger partial charge in [-0.2, -0.15) is 0 Å². The third kappa shape index (κ3) is 3.76. The Kier molecular flexibility index (Phi) is 4.10. The Morgan fingerprint density at radius 2 is 2.06 bits per heavy atom. The van der Waals surface area contributed by atoms with Gasteiger partial charge in [0.05, 0.1) is 0 Å². The van der Waals surface area contributed by atoms with E-state index in [9.17, 15) is 9.90 Å². The van der Waals surface area contributed by atoms with E-state index in [-0.39, 0.29) is 12.6 Å². The maximum Gasteiger partial charge on any atom is 0.303 e. The minimum absolute atomic E-state index is 0.00167. The number of benzene rings is 1. The van der Waals surface area contributed by atoms with Gasteiger partial charge in [0.25, 0.3) is 0 Å². The van der Waals surface area contributed by atoms with Crippen LogP contribution in [-0.4, -0.2) is 17.7 Å². The fourth-order valence-corrected chi connectivity index (χ4v) is 1.18. The van der Waals surface area contributed by atoms with Crippen LogP contribution in [0.15, 0.2) is 30.3 Å². The van der Waals surface area contributed by atoms with Gasteiger partial charge in [-0.1, -0.05) is 42.2 Å². The van der Waals surface area contributed by atoms with Gasteiger partial charge < -0.3 is 9.84 Å². The molecule has 0 fully saturated rings. The minimum atomic E-state index is -1.22. The third-order valence-electron chi connectivity index (χ3n) is 2.02. The summed E-state index contributed by atoms with van der Waals surface area (Å²) in [6.45, 7) is 2.92. The summed E-state index contributed by atoms with van der Waals surface area (Å²) >= 11 is 0. The number of carbonyl (C=O) groups is 1. The van der Waals surface area contributed by atoms with Crippen molar-refractivity contribution < 1.29 is 14.6 Å². The molecule has 0 spiro atoms. The van der Waals surface area contributed by atoms with Gasteiger partial charge in [0.1, 0.15) is 5.60 Å². The quantitative estimate of drug-likeness (QED) is 0.604. The first kappa shape index (κ1) is 12.3. The molecule has 1 N–H and O–H groups in total. The fourth-order valence-electron chi connectivity index (χ4n) is 1.18. The van der Waals surface area contributed by atoms with Crippen LogP contribution in [0.5, 0.6) is 0 Å². The summed E-state index contributed by atoms with van der Waals surface area (Å²) in [6.07, 6.45) is 0. The van der Waals surface area contributed by atoms with Crippen LogP contribution in [0, 0.1) is 11.8 Å². The van der Waals surface area contributed by atoms with Crippen molar-refractivity contribution in [1.29, 1.82) is 0 Å². The summed E-state index contributed by atoms with van der Waals surface area (Å²) in [7, 11) is 0. The van der Waals surface area contributed by atoms with Crippen LogP contribution in [0.1, 0.15) is 19.4 Å². The molecule has 1 rings (SSSR count). The summed E-state index contributed by atoms with van der Waals surface area (Å²) in [4.78, 5) is 10.5. The highest BCUT2D eigenvalue weighted by atomic mass is 16.5. The second-order valence-electron chi connectivity index (χ2n) is 3.52. The van der Waals surface area contributed by atoms with Crippen molar-refractivity contribution in [3.63, 3.8) is 0 Å². The predicted octanol–water partition coefficient (Wildman–Crippen LogP) is 1.46. The van der Waals surface area contributed by atoms with E-state index >= 15 is 0 Å². The van der Waals surface area contributed by atoms with Gasteiger partial charge in [0, 0.05) is 6.92 Å². The van der Waals surface area contributed by atoms with Gasteiger partial charge in [0.15, 0.2) is 6.61 Å². The first-order valence-electron chi connectivity index (χ1n) is 4.93. The lowest BCUT2D eigenvalue weighted by atomic mass is 9.97. The Morgan fingerprint density at radius 1 is 1.44 bits per heavy atom. The van der Waals surface area contributed by atoms with Gasteiger partial charge in [-0.15, -0.1) is 0 Å². The van der Waals surface area contributed by atoms with E-state index in [0.717, 1.165) is 0 Å². The Bertz CT molecular complexity index is 410.